The van der Waals surface area contributed by atoms with E-state index in [-0.39, 0.29) is 17.9 Å². The van der Waals surface area contributed by atoms with Crippen molar-refractivity contribution >= 4 is 12.0 Å². The number of rotatable bonds is 5. The lowest BCUT2D eigenvalue weighted by Crippen LogP contribution is -2.51. The van der Waals surface area contributed by atoms with E-state index < -0.39 is 17.7 Å². The van der Waals surface area contributed by atoms with Gasteiger partial charge < -0.3 is 20.1 Å². The van der Waals surface area contributed by atoms with Crippen molar-refractivity contribution in [2.75, 3.05) is 13.2 Å². The van der Waals surface area contributed by atoms with Crippen LogP contribution < -0.4 is 10.6 Å². The van der Waals surface area contributed by atoms with Gasteiger partial charge >= 0.3 is 6.09 Å². The van der Waals surface area contributed by atoms with Crippen molar-refractivity contribution in [2.24, 2.45) is 5.92 Å². The normalized spacial score (nSPS) is 20.2. The minimum Gasteiger partial charge on any atom is -0.444 e. The number of carbonyl (C=O) groups is 2. The van der Waals surface area contributed by atoms with Gasteiger partial charge in [-0.05, 0) is 39.5 Å². The standard InChI is InChI=1S/C15H28N2O4/c1-10(2)8-12(17-14(19)21-15(3,4)5)13(18)16-11-6-7-20-9-11/h10-12H,6-9H2,1-5H3,(H,16,18)(H,17,19)/t11-,12-/m0/s1. The van der Waals surface area contributed by atoms with Gasteiger partial charge in [-0.3, -0.25) is 4.79 Å². The third-order valence-corrected chi connectivity index (χ3v) is 2.99. The van der Waals surface area contributed by atoms with Crippen molar-refractivity contribution in [1.82, 2.24) is 10.6 Å². The maximum atomic E-state index is 12.3. The summed E-state index contributed by atoms with van der Waals surface area (Å²) in [5.74, 6) is 0.112. The molecule has 0 spiro atoms. The third-order valence-electron chi connectivity index (χ3n) is 2.99. The van der Waals surface area contributed by atoms with Crippen molar-refractivity contribution in [1.29, 1.82) is 0 Å². The van der Waals surface area contributed by atoms with Gasteiger partial charge in [0.25, 0.3) is 0 Å². The number of hydrogen-bond donors (Lipinski definition) is 2. The van der Waals surface area contributed by atoms with Crippen LogP contribution in [0.15, 0.2) is 0 Å². The Morgan fingerprint density at radius 2 is 2.00 bits per heavy atom. The first-order chi connectivity index (χ1) is 9.67. The van der Waals surface area contributed by atoms with E-state index in [9.17, 15) is 9.59 Å². The molecule has 0 aromatic carbocycles. The molecular weight excluding hydrogens is 272 g/mol. The number of hydrogen-bond acceptors (Lipinski definition) is 4. The topological polar surface area (TPSA) is 76.7 Å². The largest absolute Gasteiger partial charge is 0.444 e. The van der Waals surface area contributed by atoms with Crippen LogP contribution in [0.4, 0.5) is 4.79 Å². The zero-order valence-corrected chi connectivity index (χ0v) is 13.7. The highest BCUT2D eigenvalue weighted by Gasteiger charge is 2.27. The molecule has 2 N–H and O–H groups in total. The minimum absolute atomic E-state index is 0.0348. The van der Waals surface area contributed by atoms with Crippen LogP contribution in [-0.2, 0) is 14.3 Å². The Morgan fingerprint density at radius 1 is 1.33 bits per heavy atom. The van der Waals surface area contributed by atoms with Gasteiger partial charge in [-0.25, -0.2) is 4.79 Å². The number of amides is 2. The van der Waals surface area contributed by atoms with Crippen molar-refractivity contribution in [3.05, 3.63) is 0 Å². The maximum Gasteiger partial charge on any atom is 0.408 e. The van der Waals surface area contributed by atoms with E-state index in [0.29, 0.717) is 19.6 Å². The summed E-state index contributed by atoms with van der Waals surface area (Å²) in [7, 11) is 0. The quantitative estimate of drug-likeness (QED) is 0.812. The fourth-order valence-electron chi connectivity index (χ4n) is 2.10. The summed E-state index contributed by atoms with van der Waals surface area (Å²) in [6, 6.07) is -0.548. The molecule has 21 heavy (non-hydrogen) atoms. The van der Waals surface area contributed by atoms with Crippen LogP contribution in [0.5, 0.6) is 0 Å². The first-order valence-corrected chi connectivity index (χ1v) is 7.55. The molecule has 6 heteroatoms. The van der Waals surface area contributed by atoms with Gasteiger partial charge in [-0.15, -0.1) is 0 Å². The third kappa shape index (κ3) is 7.32. The van der Waals surface area contributed by atoms with E-state index in [4.69, 9.17) is 9.47 Å². The first-order valence-electron chi connectivity index (χ1n) is 7.55. The highest BCUT2D eigenvalue weighted by molar-refractivity contribution is 5.85. The summed E-state index contributed by atoms with van der Waals surface area (Å²) in [4.78, 5) is 24.2. The van der Waals surface area contributed by atoms with Gasteiger partial charge in [0, 0.05) is 6.61 Å². The van der Waals surface area contributed by atoms with Gasteiger partial charge in [0.15, 0.2) is 0 Å². The Bertz CT molecular complexity index is 357. The number of ether oxygens (including phenoxy) is 2. The molecule has 122 valence electrons. The van der Waals surface area contributed by atoms with E-state index in [1.54, 1.807) is 20.8 Å². The molecule has 1 aliphatic rings. The van der Waals surface area contributed by atoms with Crippen LogP contribution in [0.3, 0.4) is 0 Å². The Kier molecular flexibility index (Phi) is 6.45. The molecule has 0 aromatic rings. The molecule has 6 nitrogen and oxygen atoms in total. The fraction of sp³-hybridized carbons (Fsp3) is 0.867. The molecule has 1 aliphatic heterocycles. The lowest BCUT2D eigenvalue weighted by atomic mass is 10.0. The first kappa shape index (κ1) is 17.8. The maximum absolute atomic E-state index is 12.3. The predicted molar refractivity (Wildman–Crippen MR) is 80.0 cm³/mol. The molecule has 0 radical (unpaired) electrons. The zero-order chi connectivity index (χ0) is 16.0. The SMILES string of the molecule is CC(C)C[C@H](NC(=O)OC(C)(C)C)C(=O)N[C@H]1CCOC1. The van der Waals surface area contributed by atoms with Gasteiger partial charge in [-0.2, -0.15) is 0 Å². The fourth-order valence-corrected chi connectivity index (χ4v) is 2.10. The van der Waals surface area contributed by atoms with Crippen LogP contribution in [0.25, 0.3) is 0 Å². The summed E-state index contributed by atoms with van der Waals surface area (Å²) < 4.78 is 10.5. The summed E-state index contributed by atoms with van der Waals surface area (Å²) in [6.07, 6.45) is 0.816. The van der Waals surface area contributed by atoms with E-state index in [2.05, 4.69) is 10.6 Å². The minimum atomic E-state index is -0.583. The summed E-state index contributed by atoms with van der Waals surface area (Å²) in [6.45, 7) is 10.6. The molecule has 1 saturated heterocycles. The van der Waals surface area contributed by atoms with Gasteiger partial charge in [0.2, 0.25) is 5.91 Å². The zero-order valence-electron chi connectivity index (χ0n) is 13.7. The van der Waals surface area contributed by atoms with Crippen molar-refractivity contribution in [3.8, 4) is 0 Å². The van der Waals surface area contributed by atoms with E-state index in [1.807, 2.05) is 13.8 Å². The molecule has 2 atom stereocenters. The van der Waals surface area contributed by atoms with Crippen LogP contribution in [0.1, 0.15) is 47.5 Å². The molecule has 0 bridgehead atoms. The lowest BCUT2D eigenvalue weighted by Gasteiger charge is -2.25. The average molecular weight is 300 g/mol. The second kappa shape index (κ2) is 7.64. The predicted octanol–water partition coefficient (Wildman–Crippen LogP) is 1.83. The highest BCUT2D eigenvalue weighted by atomic mass is 16.6. The van der Waals surface area contributed by atoms with Gasteiger partial charge in [-0.1, -0.05) is 13.8 Å². The second-order valence-electron chi connectivity index (χ2n) is 6.90. The molecular formula is C15H28N2O4. The van der Waals surface area contributed by atoms with Crippen LogP contribution >= 0.6 is 0 Å². The Labute approximate surface area is 126 Å². The monoisotopic (exact) mass is 300 g/mol. The lowest BCUT2D eigenvalue weighted by molar-refractivity contribution is -0.124. The molecule has 1 rings (SSSR count). The molecule has 0 unspecified atom stereocenters. The Morgan fingerprint density at radius 3 is 2.48 bits per heavy atom. The van der Waals surface area contributed by atoms with E-state index >= 15 is 0 Å². The molecule has 0 saturated carbocycles. The molecule has 2 amide bonds. The Hall–Kier alpha value is -1.30. The smallest absolute Gasteiger partial charge is 0.408 e. The summed E-state index contributed by atoms with van der Waals surface area (Å²) in [5.41, 5.74) is -0.581. The van der Waals surface area contributed by atoms with Gasteiger partial charge in [0.1, 0.15) is 11.6 Å². The Balaban J connectivity index is 2.57. The number of alkyl carbamates (subject to hydrolysis) is 1. The van der Waals surface area contributed by atoms with Crippen LogP contribution in [0.2, 0.25) is 0 Å². The van der Waals surface area contributed by atoms with Gasteiger partial charge in [0.05, 0.1) is 12.6 Å². The molecule has 1 heterocycles. The summed E-state index contributed by atoms with van der Waals surface area (Å²) in [5, 5.41) is 5.58. The second-order valence-corrected chi connectivity index (χ2v) is 6.90. The van der Waals surface area contributed by atoms with Crippen molar-refractivity contribution in [3.63, 3.8) is 0 Å². The number of carbonyl (C=O) groups excluding carboxylic acids is 2. The average Bonchev–Trinajstić information content (AvgIpc) is 2.77. The van der Waals surface area contributed by atoms with Crippen molar-refractivity contribution < 1.29 is 19.1 Å². The number of nitrogens with one attached hydrogen (secondary N) is 2. The molecule has 1 fully saturated rings. The highest BCUT2D eigenvalue weighted by Crippen LogP contribution is 2.11. The van der Waals surface area contributed by atoms with Crippen LogP contribution in [-0.4, -0.2) is 42.9 Å². The van der Waals surface area contributed by atoms with Crippen LogP contribution in [0, 0.1) is 5.92 Å². The molecule has 0 aromatic heterocycles. The van der Waals surface area contributed by atoms with Crippen molar-refractivity contribution in [2.45, 2.75) is 65.1 Å². The van der Waals surface area contributed by atoms with E-state index in [1.165, 1.54) is 0 Å². The molecule has 0 aliphatic carbocycles. The van der Waals surface area contributed by atoms with E-state index in [0.717, 1.165) is 6.42 Å². The summed E-state index contributed by atoms with van der Waals surface area (Å²) >= 11 is 0.